The number of aliphatic hydroxyl groups excluding tert-OH is 1. The Morgan fingerprint density at radius 3 is 2.60 bits per heavy atom. The van der Waals surface area contributed by atoms with Gasteiger partial charge >= 0.3 is 19.7 Å². The summed E-state index contributed by atoms with van der Waals surface area (Å²) >= 11 is 0. The molecule has 0 saturated carbocycles. The van der Waals surface area contributed by atoms with Crippen LogP contribution < -0.4 is 11.2 Å². The summed E-state index contributed by atoms with van der Waals surface area (Å²) in [4.78, 5) is 36.7. The fourth-order valence-corrected chi connectivity index (χ4v) is 3.86. The minimum atomic E-state index is -3.14. The zero-order chi connectivity index (χ0) is 22.9. The van der Waals surface area contributed by atoms with Gasteiger partial charge in [-0.15, -0.1) is 4.52 Å². The SMILES string of the molecule is CC(C)OC(=O)[C@H](C)C[P+](=O)OC[C@@]1(F)O[C@@H](n2ccc(=O)[nH]c2=O)[C@](C)(F)[C@@H]1O. The second-order valence-corrected chi connectivity index (χ2v) is 8.79. The van der Waals surface area contributed by atoms with Crippen LogP contribution >= 0.6 is 8.03 Å². The Balaban J connectivity index is 2.08. The highest BCUT2D eigenvalue weighted by Gasteiger charge is 2.65. The molecule has 1 aromatic heterocycles. The molecule has 2 N–H and O–H groups in total. The Kier molecular flexibility index (Phi) is 7.28. The van der Waals surface area contributed by atoms with Gasteiger partial charge in [0.2, 0.25) is 0 Å². The van der Waals surface area contributed by atoms with Crippen LogP contribution in [0.2, 0.25) is 0 Å². The van der Waals surface area contributed by atoms with Gasteiger partial charge in [0.05, 0.1) is 6.10 Å². The van der Waals surface area contributed by atoms with Crippen LogP contribution in [-0.2, 0) is 23.4 Å². The third-order valence-electron chi connectivity index (χ3n) is 4.42. The maximum atomic E-state index is 15.1. The van der Waals surface area contributed by atoms with Crippen molar-refractivity contribution in [2.45, 2.75) is 57.7 Å². The number of nitrogens with zero attached hydrogens (tertiary/aromatic N) is 1. The van der Waals surface area contributed by atoms with E-state index in [9.17, 15) is 24.1 Å². The van der Waals surface area contributed by atoms with Crippen molar-refractivity contribution in [3.8, 4) is 0 Å². The number of rotatable bonds is 8. The number of aromatic amines is 1. The molecule has 1 fully saturated rings. The maximum Gasteiger partial charge on any atom is 0.509 e. The Morgan fingerprint density at radius 1 is 1.40 bits per heavy atom. The number of aromatic nitrogens is 2. The first-order chi connectivity index (χ1) is 13.8. The summed E-state index contributed by atoms with van der Waals surface area (Å²) in [6.07, 6.45) is -4.09. The van der Waals surface area contributed by atoms with E-state index in [0.717, 1.165) is 19.2 Å². The van der Waals surface area contributed by atoms with E-state index in [0.29, 0.717) is 4.57 Å². The van der Waals surface area contributed by atoms with Crippen LogP contribution in [0, 0.1) is 5.92 Å². The number of ether oxygens (including phenoxy) is 2. The van der Waals surface area contributed by atoms with Crippen molar-refractivity contribution in [3.63, 3.8) is 0 Å². The lowest BCUT2D eigenvalue weighted by Crippen LogP contribution is -2.47. The molecule has 2 heterocycles. The highest BCUT2D eigenvalue weighted by molar-refractivity contribution is 7.39. The van der Waals surface area contributed by atoms with Crippen LogP contribution in [0.25, 0.3) is 0 Å². The molecule has 13 heteroatoms. The van der Waals surface area contributed by atoms with Gasteiger partial charge in [-0.3, -0.25) is 19.1 Å². The molecule has 2 rings (SSSR count). The Labute approximate surface area is 171 Å². The number of esters is 1. The second kappa shape index (κ2) is 9.01. The van der Waals surface area contributed by atoms with Crippen molar-refractivity contribution >= 4 is 14.0 Å². The first-order valence-electron chi connectivity index (χ1n) is 9.11. The highest BCUT2D eigenvalue weighted by Crippen LogP contribution is 2.48. The number of alkyl halides is 2. The summed E-state index contributed by atoms with van der Waals surface area (Å²) in [6, 6.07) is 0.899. The molecule has 1 aliphatic rings. The summed E-state index contributed by atoms with van der Waals surface area (Å²) in [7, 11) is -2.57. The number of nitrogens with one attached hydrogen (secondary N) is 1. The van der Waals surface area contributed by atoms with Gasteiger partial charge in [-0.2, -0.15) is 0 Å². The summed E-state index contributed by atoms with van der Waals surface area (Å²) in [5, 5.41) is 10.1. The van der Waals surface area contributed by atoms with Crippen molar-refractivity contribution in [1.82, 2.24) is 9.55 Å². The number of hydrogen-bond acceptors (Lipinski definition) is 8. The molecule has 0 spiro atoms. The first-order valence-corrected chi connectivity index (χ1v) is 10.5. The molecule has 1 aromatic rings. The lowest BCUT2D eigenvalue weighted by molar-refractivity contribution is -0.202. The molecule has 1 aliphatic heterocycles. The van der Waals surface area contributed by atoms with Crippen LogP contribution in [0.4, 0.5) is 8.78 Å². The van der Waals surface area contributed by atoms with Gasteiger partial charge in [-0.1, -0.05) is 0 Å². The van der Waals surface area contributed by atoms with E-state index in [2.05, 4.69) is 0 Å². The predicted molar refractivity (Wildman–Crippen MR) is 99.6 cm³/mol. The lowest BCUT2D eigenvalue weighted by atomic mass is 9.97. The Bertz CT molecular complexity index is 918. The molecule has 0 aromatic carbocycles. The maximum absolute atomic E-state index is 15.1. The quantitative estimate of drug-likeness (QED) is 0.442. The topological polar surface area (TPSA) is 137 Å². The van der Waals surface area contributed by atoms with Gasteiger partial charge in [0.1, 0.15) is 5.92 Å². The zero-order valence-corrected chi connectivity index (χ0v) is 17.7. The zero-order valence-electron chi connectivity index (χ0n) is 16.8. The molecular weight excluding hydrogens is 429 g/mol. The predicted octanol–water partition coefficient (Wildman–Crippen LogP) is 1.17. The fourth-order valence-electron chi connectivity index (χ4n) is 2.83. The highest BCUT2D eigenvalue weighted by atomic mass is 31.1. The normalized spacial score (nSPS) is 30.3. The van der Waals surface area contributed by atoms with Gasteiger partial charge < -0.3 is 14.6 Å². The van der Waals surface area contributed by atoms with Crippen LogP contribution in [0.5, 0.6) is 0 Å². The summed E-state index contributed by atoms with van der Waals surface area (Å²) in [5.41, 5.74) is -4.62. The van der Waals surface area contributed by atoms with Gasteiger partial charge in [0.25, 0.3) is 11.4 Å². The molecule has 0 amide bonds. The average molecular weight is 453 g/mol. The standard InChI is InChI=1S/C17H23F2N2O8P/c1-9(2)28-12(23)10(3)7-30(26)27-8-17(19)13(24)16(4,18)14(29-17)21-6-5-11(22)20-15(21)25/h5-6,9-10,13-14,24H,7-8H2,1-4H3/p+1/t10-,13+,14-,16-,17-/m1/s1. The van der Waals surface area contributed by atoms with E-state index < -0.39 is 61.6 Å². The number of halogens is 2. The van der Waals surface area contributed by atoms with E-state index in [-0.39, 0.29) is 12.3 Å². The fraction of sp³-hybridized carbons (Fsp3) is 0.706. The molecule has 10 nitrogen and oxygen atoms in total. The molecule has 30 heavy (non-hydrogen) atoms. The number of H-pyrrole nitrogens is 1. The molecule has 0 aliphatic carbocycles. The minimum Gasteiger partial charge on any atom is -0.463 e. The summed E-state index contributed by atoms with van der Waals surface area (Å²) in [6.45, 7) is 4.43. The van der Waals surface area contributed by atoms with E-state index in [1.807, 2.05) is 4.98 Å². The van der Waals surface area contributed by atoms with E-state index in [1.165, 1.54) is 6.92 Å². The van der Waals surface area contributed by atoms with Gasteiger partial charge in [0, 0.05) is 12.3 Å². The first kappa shape index (κ1) is 24.3. The lowest BCUT2D eigenvalue weighted by Gasteiger charge is -2.24. The Hall–Kier alpha value is -2.01. The van der Waals surface area contributed by atoms with Crippen molar-refractivity contribution in [3.05, 3.63) is 33.1 Å². The van der Waals surface area contributed by atoms with Gasteiger partial charge in [-0.05, 0) is 32.3 Å². The Morgan fingerprint density at radius 2 is 2.03 bits per heavy atom. The monoisotopic (exact) mass is 453 g/mol. The third kappa shape index (κ3) is 5.18. The molecule has 168 valence electrons. The van der Waals surface area contributed by atoms with Crippen molar-refractivity contribution in [1.29, 1.82) is 0 Å². The molecule has 0 radical (unpaired) electrons. The number of carbonyl (C=O) groups excluding carboxylic acids is 1. The third-order valence-corrected chi connectivity index (χ3v) is 5.68. The molecule has 0 bridgehead atoms. The summed E-state index contributed by atoms with van der Waals surface area (Å²) < 4.78 is 57.6. The van der Waals surface area contributed by atoms with Crippen LogP contribution in [0.15, 0.2) is 21.9 Å². The van der Waals surface area contributed by atoms with Gasteiger partial charge in [0.15, 0.2) is 30.8 Å². The van der Waals surface area contributed by atoms with E-state index in [1.54, 1.807) is 13.8 Å². The number of hydrogen-bond donors (Lipinski definition) is 2. The number of carbonyl (C=O) groups is 1. The minimum absolute atomic E-state index is 0.289. The van der Waals surface area contributed by atoms with E-state index >= 15 is 8.78 Å². The van der Waals surface area contributed by atoms with E-state index in [4.69, 9.17) is 14.0 Å². The molecule has 1 saturated heterocycles. The van der Waals surface area contributed by atoms with Crippen LogP contribution in [-0.4, -0.2) is 57.1 Å². The van der Waals surface area contributed by atoms with Gasteiger partial charge in [-0.25, -0.2) is 13.6 Å². The number of aliphatic hydroxyl groups is 1. The molecule has 6 atom stereocenters. The van der Waals surface area contributed by atoms with Crippen molar-refractivity contribution < 1.29 is 37.2 Å². The van der Waals surface area contributed by atoms with Crippen molar-refractivity contribution in [2.75, 3.05) is 12.8 Å². The molecular formula is C17H24F2N2O8P+. The largest absolute Gasteiger partial charge is 0.509 e. The molecule has 1 unspecified atom stereocenters. The van der Waals surface area contributed by atoms with Crippen LogP contribution in [0.3, 0.4) is 0 Å². The smallest absolute Gasteiger partial charge is 0.463 e. The average Bonchev–Trinajstić information content (AvgIpc) is 2.80. The van der Waals surface area contributed by atoms with Crippen molar-refractivity contribution in [2.24, 2.45) is 5.92 Å². The second-order valence-electron chi connectivity index (χ2n) is 7.50. The van der Waals surface area contributed by atoms with Crippen LogP contribution in [0.1, 0.15) is 33.9 Å². The summed E-state index contributed by atoms with van der Waals surface area (Å²) in [5.74, 6) is -4.56.